The van der Waals surface area contributed by atoms with Gasteiger partial charge in [0.1, 0.15) is 11.6 Å². The molecule has 2 rings (SSSR count). The third-order valence-electron chi connectivity index (χ3n) is 2.98. The van der Waals surface area contributed by atoms with E-state index in [-0.39, 0.29) is 5.92 Å². The second-order valence-electron chi connectivity index (χ2n) is 4.55. The van der Waals surface area contributed by atoms with Gasteiger partial charge in [-0.3, -0.25) is 5.10 Å². The zero-order chi connectivity index (χ0) is 12.6. The summed E-state index contributed by atoms with van der Waals surface area (Å²) in [7, 11) is 0. The van der Waals surface area contributed by atoms with E-state index >= 15 is 0 Å². The molecule has 0 saturated carbocycles. The van der Waals surface area contributed by atoms with Crippen LogP contribution in [0.2, 0.25) is 0 Å². The van der Waals surface area contributed by atoms with Gasteiger partial charge in [0, 0.05) is 11.1 Å². The molecule has 0 amide bonds. The molecule has 4 nitrogen and oxygen atoms in total. The third-order valence-corrected chi connectivity index (χ3v) is 2.98. The SMILES string of the molecule is Cc1ccc(C(C)C)c(O)c1-c1cn[nH]c1N. The van der Waals surface area contributed by atoms with Gasteiger partial charge in [-0.05, 0) is 24.0 Å². The molecule has 4 heteroatoms. The molecule has 1 aromatic heterocycles. The van der Waals surface area contributed by atoms with E-state index in [1.54, 1.807) is 6.20 Å². The zero-order valence-electron chi connectivity index (χ0n) is 10.3. The number of benzene rings is 1. The molecule has 0 aliphatic rings. The highest BCUT2D eigenvalue weighted by molar-refractivity contribution is 5.81. The van der Waals surface area contributed by atoms with Gasteiger partial charge in [0.15, 0.2) is 0 Å². The quantitative estimate of drug-likeness (QED) is 0.744. The van der Waals surface area contributed by atoms with Crippen molar-refractivity contribution in [2.24, 2.45) is 0 Å². The summed E-state index contributed by atoms with van der Waals surface area (Å²) in [6.45, 7) is 6.05. The molecular formula is C13H17N3O. The van der Waals surface area contributed by atoms with Gasteiger partial charge in [-0.15, -0.1) is 0 Å². The summed E-state index contributed by atoms with van der Waals surface area (Å²) in [6, 6.07) is 3.95. The number of phenolic OH excluding ortho intramolecular Hbond substituents is 1. The fourth-order valence-corrected chi connectivity index (χ4v) is 2.01. The predicted molar refractivity (Wildman–Crippen MR) is 68.9 cm³/mol. The summed E-state index contributed by atoms with van der Waals surface area (Å²) in [5, 5.41) is 16.9. The topological polar surface area (TPSA) is 74.9 Å². The Balaban J connectivity index is 2.69. The number of hydrogen-bond donors (Lipinski definition) is 3. The van der Waals surface area contributed by atoms with Gasteiger partial charge in [0.2, 0.25) is 0 Å². The molecule has 90 valence electrons. The molecule has 0 fully saturated rings. The maximum Gasteiger partial charge on any atom is 0.127 e. The van der Waals surface area contributed by atoms with Gasteiger partial charge < -0.3 is 10.8 Å². The Labute approximate surface area is 100 Å². The molecule has 2 aromatic rings. The number of aromatic nitrogens is 2. The largest absolute Gasteiger partial charge is 0.507 e. The number of H-pyrrole nitrogens is 1. The lowest BCUT2D eigenvalue weighted by Crippen LogP contribution is -1.95. The number of nitrogens with zero attached hydrogens (tertiary/aromatic N) is 1. The molecule has 0 spiro atoms. The summed E-state index contributed by atoms with van der Waals surface area (Å²) in [4.78, 5) is 0. The van der Waals surface area contributed by atoms with Crippen LogP contribution in [0.5, 0.6) is 5.75 Å². The Morgan fingerprint density at radius 3 is 2.59 bits per heavy atom. The number of phenols is 1. The lowest BCUT2D eigenvalue weighted by Gasteiger charge is -2.14. The molecule has 0 aliphatic carbocycles. The summed E-state index contributed by atoms with van der Waals surface area (Å²) in [5.41, 5.74) is 9.23. The van der Waals surface area contributed by atoms with Crippen LogP contribution in [0, 0.1) is 6.92 Å². The number of nitrogens with one attached hydrogen (secondary N) is 1. The first-order valence-electron chi connectivity index (χ1n) is 5.64. The second kappa shape index (κ2) is 4.13. The second-order valence-corrected chi connectivity index (χ2v) is 4.55. The van der Waals surface area contributed by atoms with Crippen LogP contribution in [-0.2, 0) is 0 Å². The fourth-order valence-electron chi connectivity index (χ4n) is 2.01. The van der Waals surface area contributed by atoms with Crippen LogP contribution >= 0.6 is 0 Å². The Hall–Kier alpha value is -1.97. The van der Waals surface area contributed by atoms with Crippen molar-refractivity contribution in [3.8, 4) is 16.9 Å². The molecule has 4 N–H and O–H groups in total. The first kappa shape index (κ1) is 11.5. The molecule has 0 atom stereocenters. The number of aromatic hydroxyl groups is 1. The van der Waals surface area contributed by atoms with Crippen LogP contribution in [0.4, 0.5) is 5.82 Å². The molecular weight excluding hydrogens is 214 g/mol. The van der Waals surface area contributed by atoms with Crippen molar-refractivity contribution in [2.45, 2.75) is 26.7 Å². The Bertz CT molecular complexity index is 544. The van der Waals surface area contributed by atoms with E-state index in [4.69, 9.17) is 5.73 Å². The smallest absolute Gasteiger partial charge is 0.127 e. The standard InChI is InChI=1S/C13H17N3O/c1-7(2)9-5-4-8(3)11(12(9)17)10-6-15-16-13(10)14/h4-7,17H,1-3H3,(H3,14,15,16). The van der Waals surface area contributed by atoms with Crippen molar-refractivity contribution in [3.63, 3.8) is 0 Å². The van der Waals surface area contributed by atoms with Crippen molar-refractivity contribution in [2.75, 3.05) is 5.73 Å². The lowest BCUT2D eigenvalue weighted by atomic mass is 9.93. The molecule has 1 heterocycles. The Morgan fingerprint density at radius 1 is 1.35 bits per heavy atom. The van der Waals surface area contributed by atoms with E-state index in [0.29, 0.717) is 11.6 Å². The maximum atomic E-state index is 10.3. The molecule has 1 aromatic carbocycles. The van der Waals surface area contributed by atoms with Crippen LogP contribution in [0.25, 0.3) is 11.1 Å². The highest BCUT2D eigenvalue weighted by atomic mass is 16.3. The number of hydrogen-bond acceptors (Lipinski definition) is 3. The van der Waals surface area contributed by atoms with Crippen LogP contribution in [-0.4, -0.2) is 15.3 Å². The molecule has 0 radical (unpaired) electrons. The van der Waals surface area contributed by atoms with Crippen molar-refractivity contribution in [1.29, 1.82) is 0 Å². The average molecular weight is 231 g/mol. The fraction of sp³-hybridized carbons (Fsp3) is 0.308. The number of nitrogen functional groups attached to an aromatic ring is 1. The number of aryl methyl sites for hydroxylation is 1. The minimum Gasteiger partial charge on any atom is -0.507 e. The number of aromatic amines is 1. The van der Waals surface area contributed by atoms with Gasteiger partial charge in [0.05, 0.1) is 6.20 Å². The van der Waals surface area contributed by atoms with E-state index in [1.807, 2.05) is 32.9 Å². The number of nitrogens with two attached hydrogens (primary N) is 1. The molecule has 0 aliphatic heterocycles. The summed E-state index contributed by atoms with van der Waals surface area (Å²) in [6.07, 6.45) is 1.64. The zero-order valence-corrected chi connectivity index (χ0v) is 10.3. The molecule has 17 heavy (non-hydrogen) atoms. The normalized spacial score (nSPS) is 11.1. The van der Waals surface area contributed by atoms with Crippen LogP contribution in [0.3, 0.4) is 0 Å². The minimum atomic E-state index is 0.266. The van der Waals surface area contributed by atoms with Gasteiger partial charge >= 0.3 is 0 Å². The van der Waals surface area contributed by atoms with E-state index in [9.17, 15) is 5.11 Å². The highest BCUT2D eigenvalue weighted by Gasteiger charge is 2.17. The summed E-state index contributed by atoms with van der Waals surface area (Å²) >= 11 is 0. The first-order valence-corrected chi connectivity index (χ1v) is 5.64. The lowest BCUT2D eigenvalue weighted by molar-refractivity contribution is 0.466. The summed E-state index contributed by atoms with van der Waals surface area (Å²) < 4.78 is 0. The maximum absolute atomic E-state index is 10.3. The van der Waals surface area contributed by atoms with Crippen molar-refractivity contribution < 1.29 is 5.11 Å². The van der Waals surface area contributed by atoms with Crippen LogP contribution in [0.1, 0.15) is 30.9 Å². The van der Waals surface area contributed by atoms with E-state index in [1.165, 1.54) is 0 Å². The van der Waals surface area contributed by atoms with Crippen LogP contribution in [0.15, 0.2) is 18.3 Å². The monoisotopic (exact) mass is 231 g/mol. The van der Waals surface area contributed by atoms with E-state index in [0.717, 1.165) is 22.3 Å². The van der Waals surface area contributed by atoms with Crippen molar-refractivity contribution in [3.05, 3.63) is 29.5 Å². The summed E-state index contributed by atoms with van der Waals surface area (Å²) in [5.74, 6) is 1.04. The average Bonchev–Trinajstić information content (AvgIpc) is 2.64. The Morgan fingerprint density at radius 2 is 2.06 bits per heavy atom. The number of anilines is 1. The third kappa shape index (κ3) is 1.86. The van der Waals surface area contributed by atoms with Gasteiger partial charge in [-0.1, -0.05) is 26.0 Å². The molecule has 0 unspecified atom stereocenters. The first-order chi connectivity index (χ1) is 8.02. The van der Waals surface area contributed by atoms with Gasteiger partial charge in [-0.25, -0.2) is 0 Å². The van der Waals surface area contributed by atoms with E-state index < -0.39 is 0 Å². The molecule has 0 saturated heterocycles. The van der Waals surface area contributed by atoms with Gasteiger partial charge in [-0.2, -0.15) is 5.10 Å². The van der Waals surface area contributed by atoms with E-state index in [2.05, 4.69) is 10.2 Å². The van der Waals surface area contributed by atoms with Gasteiger partial charge in [0.25, 0.3) is 0 Å². The van der Waals surface area contributed by atoms with Crippen molar-refractivity contribution >= 4 is 5.82 Å². The van der Waals surface area contributed by atoms with Crippen molar-refractivity contribution in [1.82, 2.24) is 10.2 Å². The number of rotatable bonds is 2. The van der Waals surface area contributed by atoms with Crippen LogP contribution < -0.4 is 5.73 Å². The highest BCUT2D eigenvalue weighted by Crippen LogP contribution is 2.39. The molecule has 0 bridgehead atoms. The Kier molecular flexibility index (Phi) is 2.79. The minimum absolute atomic E-state index is 0.266. The predicted octanol–water partition coefficient (Wildman–Crippen LogP) is 2.80.